The number of sulfonamides is 1. The SMILES string of the molecule is Cc1cccc(CCC(=O)N2CCN(S(=O)(=O)c3ccccc3)CC2)c1. The van der Waals surface area contributed by atoms with Crippen LogP contribution in [0.2, 0.25) is 0 Å². The van der Waals surface area contributed by atoms with Crippen LogP contribution in [0.15, 0.2) is 59.5 Å². The van der Waals surface area contributed by atoms with Gasteiger partial charge in [-0.15, -0.1) is 0 Å². The van der Waals surface area contributed by atoms with Crippen molar-refractivity contribution in [3.8, 4) is 0 Å². The highest BCUT2D eigenvalue weighted by Crippen LogP contribution is 2.18. The Labute approximate surface area is 155 Å². The van der Waals surface area contributed by atoms with Crippen molar-refractivity contribution in [2.45, 2.75) is 24.7 Å². The van der Waals surface area contributed by atoms with E-state index in [1.807, 2.05) is 25.1 Å². The van der Waals surface area contributed by atoms with E-state index in [4.69, 9.17) is 0 Å². The quantitative estimate of drug-likeness (QED) is 0.810. The van der Waals surface area contributed by atoms with E-state index in [0.29, 0.717) is 43.9 Å². The van der Waals surface area contributed by atoms with E-state index in [1.54, 1.807) is 35.2 Å². The summed E-state index contributed by atoms with van der Waals surface area (Å²) in [5, 5.41) is 0. The van der Waals surface area contributed by atoms with Crippen LogP contribution in [0.5, 0.6) is 0 Å². The summed E-state index contributed by atoms with van der Waals surface area (Å²) < 4.78 is 26.7. The lowest BCUT2D eigenvalue weighted by Crippen LogP contribution is -2.50. The van der Waals surface area contributed by atoms with Crippen LogP contribution in [0.1, 0.15) is 17.5 Å². The average molecular weight is 372 g/mol. The van der Waals surface area contributed by atoms with Crippen LogP contribution in [-0.2, 0) is 21.2 Å². The van der Waals surface area contributed by atoms with Gasteiger partial charge < -0.3 is 4.90 Å². The van der Waals surface area contributed by atoms with Gasteiger partial charge in [-0.1, -0.05) is 48.0 Å². The maximum Gasteiger partial charge on any atom is 0.243 e. The predicted molar refractivity (Wildman–Crippen MR) is 101 cm³/mol. The van der Waals surface area contributed by atoms with Crippen molar-refractivity contribution in [3.63, 3.8) is 0 Å². The van der Waals surface area contributed by atoms with Gasteiger partial charge in [0.15, 0.2) is 0 Å². The smallest absolute Gasteiger partial charge is 0.243 e. The van der Waals surface area contributed by atoms with Crippen LogP contribution >= 0.6 is 0 Å². The molecule has 0 aromatic heterocycles. The van der Waals surface area contributed by atoms with Crippen molar-refractivity contribution in [3.05, 3.63) is 65.7 Å². The molecule has 1 heterocycles. The molecule has 26 heavy (non-hydrogen) atoms. The molecule has 1 aliphatic rings. The summed E-state index contributed by atoms with van der Waals surface area (Å²) >= 11 is 0. The van der Waals surface area contributed by atoms with Gasteiger partial charge in [0.05, 0.1) is 4.90 Å². The average Bonchev–Trinajstić information content (AvgIpc) is 2.67. The van der Waals surface area contributed by atoms with Gasteiger partial charge in [0.1, 0.15) is 0 Å². The van der Waals surface area contributed by atoms with Crippen molar-refractivity contribution in [1.29, 1.82) is 0 Å². The number of hydrogen-bond acceptors (Lipinski definition) is 3. The summed E-state index contributed by atoms with van der Waals surface area (Å²) in [7, 11) is -3.48. The molecule has 0 N–H and O–H groups in total. The molecule has 138 valence electrons. The second-order valence-electron chi connectivity index (χ2n) is 6.59. The number of aryl methyl sites for hydroxylation is 2. The second-order valence-corrected chi connectivity index (χ2v) is 8.52. The maximum absolute atomic E-state index is 12.6. The van der Waals surface area contributed by atoms with E-state index < -0.39 is 10.0 Å². The van der Waals surface area contributed by atoms with Gasteiger partial charge in [-0.2, -0.15) is 4.31 Å². The minimum absolute atomic E-state index is 0.0864. The Morgan fingerprint density at radius 1 is 0.962 bits per heavy atom. The molecule has 1 fully saturated rings. The number of nitrogens with zero attached hydrogens (tertiary/aromatic N) is 2. The molecule has 0 radical (unpaired) electrons. The van der Waals surface area contributed by atoms with Crippen LogP contribution < -0.4 is 0 Å². The summed E-state index contributed by atoms with van der Waals surface area (Å²) in [5.41, 5.74) is 2.35. The summed E-state index contributed by atoms with van der Waals surface area (Å²) in [4.78, 5) is 14.5. The minimum Gasteiger partial charge on any atom is -0.340 e. The van der Waals surface area contributed by atoms with E-state index in [1.165, 1.54) is 9.87 Å². The lowest BCUT2D eigenvalue weighted by molar-refractivity contribution is -0.132. The minimum atomic E-state index is -3.48. The predicted octanol–water partition coefficient (Wildman–Crippen LogP) is 2.46. The summed E-state index contributed by atoms with van der Waals surface area (Å²) in [6, 6.07) is 16.6. The third kappa shape index (κ3) is 4.31. The molecule has 3 rings (SSSR count). The molecule has 1 amide bonds. The van der Waals surface area contributed by atoms with Crippen molar-refractivity contribution in [2.24, 2.45) is 0 Å². The van der Waals surface area contributed by atoms with Gasteiger partial charge in [-0.05, 0) is 31.0 Å². The van der Waals surface area contributed by atoms with Crippen molar-refractivity contribution >= 4 is 15.9 Å². The number of rotatable bonds is 5. The summed E-state index contributed by atoms with van der Waals surface area (Å²) in [6.45, 7) is 3.61. The standard InChI is InChI=1S/C20H24N2O3S/c1-17-6-5-7-18(16-17)10-11-20(23)21-12-14-22(15-13-21)26(24,25)19-8-3-2-4-9-19/h2-9,16H,10-15H2,1H3. The number of carbonyl (C=O) groups is 1. The molecule has 0 aliphatic carbocycles. The summed E-state index contributed by atoms with van der Waals surface area (Å²) in [5.74, 6) is 0.0864. The van der Waals surface area contributed by atoms with Crippen LogP contribution in [-0.4, -0.2) is 49.7 Å². The molecule has 0 unspecified atom stereocenters. The van der Waals surface area contributed by atoms with E-state index in [-0.39, 0.29) is 5.91 Å². The van der Waals surface area contributed by atoms with Crippen molar-refractivity contribution < 1.29 is 13.2 Å². The fourth-order valence-electron chi connectivity index (χ4n) is 3.20. The first-order valence-electron chi connectivity index (χ1n) is 8.85. The van der Waals surface area contributed by atoms with Gasteiger partial charge in [-0.3, -0.25) is 4.79 Å². The number of benzene rings is 2. The molecule has 5 nitrogen and oxygen atoms in total. The topological polar surface area (TPSA) is 57.7 Å². The zero-order valence-corrected chi connectivity index (χ0v) is 15.8. The number of carbonyl (C=O) groups excluding carboxylic acids is 1. The zero-order valence-electron chi connectivity index (χ0n) is 15.0. The van der Waals surface area contributed by atoms with Gasteiger partial charge >= 0.3 is 0 Å². The Bertz CT molecular complexity index is 858. The fourth-order valence-corrected chi connectivity index (χ4v) is 4.64. The number of piperazine rings is 1. The molecule has 0 saturated carbocycles. The summed E-state index contributed by atoms with van der Waals surface area (Å²) in [6.07, 6.45) is 1.16. The fraction of sp³-hybridized carbons (Fsp3) is 0.350. The Morgan fingerprint density at radius 3 is 2.31 bits per heavy atom. The van der Waals surface area contributed by atoms with Gasteiger partial charge in [0, 0.05) is 32.6 Å². The molecule has 1 saturated heterocycles. The van der Waals surface area contributed by atoms with Crippen molar-refractivity contribution in [1.82, 2.24) is 9.21 Å². The molecule has 0 spiro atoms. The first-order chi connectivity index (χ1) is 12.5. The molecular weight excluding hydrogens is 348 g/mol. The highest BCUT2D eigenvalue weighted by Gasteiger charge is 2.29. The molecule has 1 aliphatic heterocycles. The van der Waals surface area contributed by atoms with E-state index >= 15 is 0 Å². The molecular formula is C20H24N2O3S. The molecule has 0 bridgehead atoms. The van der Waals surface area contributed by atoms with Crippen molar-refractivity contribution in [2.75, 3.05) is 26.2 Å². The van der Waals surface area contributed by atoms with Gasteiger partial charge in [0.2, 0.25) is 15.9 Å². The molecule has 2 aromatic rings. The maximum atomic E-state index is 12.6. The third-order valence-electron chi connectivity index (χ3n) is 4.68. The highest BCUT2D eigenvalue weighted by atomic mass is 32.2. The Kier molecular flexibility index (Phi) is 5.74. The zero-order chi connectivity index (χ0) is 18.6. The number of hydrogen-bond donors (Lipinski definition) is 0. The first-order valence-corrected chi connectivity index (χ1v) is 10.3. The van der Waals surface area contributed by atoms with E-state index in [2.05, 4.69) is 6.07 Å². The largest absolute Gasteiger partial charge is 0.340 e. The Hall–Kier alpha value is -2.18. The molecule has 6 heteroatoms. The van der Waals surface area contributed by atoms with Gasteiger partial charge in [-0.25, -0.2) is 8.42 Å². The van der Waals surface area contributed by atoms with Crippen LogP contribution in [0.25, 0.3) is 0 Å². The Morgan fingerprint density at radius 2 is 1.65 bits per heavy atom. The van der Waals surface area contributed by atoms with Gasteiger partial charge in [0.25, 0.3) is 0 Å². The lowest BCUT2D eigenvalue weighted by Gasteiger charge is -2.34. The second kappa shape index (κ2) is 8.01. The normalized spacial score (nSPS) is 15.8. The van der Waals surface area contributed by atoms with Crippen LogP contribution in [0.4, 0.5) is 0 Å². The molecule has 2 aromatic carbocycles. The monoisotopic (exact) mass is 372 g/mol. The first kappa shape index (κ1) is 18.6. The third-order valence-corrected chi connectivity index (χ3v) is 6.60. The van der Waals surface area contributed by atoms with E-state index in [0.717, 1.165) is 5.56 Å². The van der Waals surface area contributed by atoms with Crippen LogP contribution in [0.3, 0.4) is 0 Å². The number of amides is 1. The molecule has 0 atom stereocenters. The highest BCUT2D eigenvalue weighted by molar-refractivity contribution is 7.89. The Balaban J connectivity index is 1.54. The van der Waals surface area contributed by atoms with Crippen LogP contribution in [0, 0.1) is 6.92 Å². The lowest BCUT2D eigenvalue weighted by atomic mass is 10.1. The van der Waals surface area contributed by atoms with E-state index in [9.17, 15) is 13.2 Å².